The van der Waals surface area contributed by atoms with E-state index in [1.54, 1.807) is 0 Å². The van der Waals surface area contributed by atoms with Gasteiger partial charge in [0.1, 0.15) is 6.10 Å². The zero-order valence-corrected chi connectivity index (χ0v) is 8.57. The first-order valence-corrected chi connectivity index (χ1v) is 4.85. The molecule has 0 aromatic heterocycles. The third-order valence-electron chi connectivity index (χ3n) is 2.28. The maximum Gasteiger partial charge on any atom is 0.256 e. The molecule has 15 heavy (non-hydrogen) atoms. The van der Waals surface area contributed by atoms with E-state index in [-0.39, 0.29) is 18.1 Å². The average Bonchev–Trinajstić information content (AvgIpc) is 2.98. The number of amides is 1. The number of hydrogen-bond acceptors (Lipinski definition) is 2. The van der Waals surface area contributed by atoms with Gasteiger partial charge in [-0.25, -0.2) is 0 Å². The van der Waals surface area contributed by atoms with E-state index in [1.165, 1.54) is 0 Å². The highest BCUT2D eigenvalue weighted by molar-refractivity contribution is 5.96. The van der Waals surface area contributed by atoms with Crippen LogP contribution in [0.4, 0.5) is 5.69 Å². The molecule has 0 unspecified atom stereocenters. The van der Waals surface area contributed by atoms with Crippen LogP contribution in [0.15, 0.2) is 42.5 Å². The van der Waals surface area contributed by atoms with Crippen LogP contribution in [0.5, 0.6) is 0 Å². The summed E-state index contributed by atoms with van der Waals surface area (Å²) >= 11 is 0. The van der Waals surface area contributed by atoms with Crippen LogP contribution in [0.25, 0.3) is 0 Å². The van der Waals surface area contributed by atoms with Crippen LogP contribution in [0.2, 0.25) is 0 Å². The average molecular weight is 203 g/mol. The molecule has 1 aliphatic rings. The van der Waals surface area contributed by atoms with Crippen LogP contribution in [-0.2, 0) is 9.53 Å². The van der Waals surface area contributed by atoms with E-state index in [0.29, 0.717) is 0 Å². The van der Waals surface area contributed by atoms with Gasteiger partial charge in [-0.2, -0.15) is 0 Å². The molecular weight excluding hydrogens is 190 g/mol. The van der Waals surface area contributed by atoms with Crippen molar-refractivity contribution < 1.29 is 9.53 Å². The second-order valence-corrected chi connectivity index (χ2v) is 3.68. The molecule has 1 N–H and O–H groups in total. The number of benzene rings is 1. The summed E-state index contributed by atoms with van der Waals surface area (Å²) < 4.78 is 5.20. The number of epoxide rings is 1. The van der Waals surface area contributed by atoms with E-state index in [1.807, 2.05) is 37.3 Å². The molecule has 0 aliphatic carbocycles. The van der Waals surface area contributed by atoms with Gasteiger partial charge in [0.25, 0.3) is 5.91 Å². The van der Waals surface area contributed by atoms with Gasteiger partial charge in [0.15, 0.2) is 6.10 Å². The molecule has 0 saturated carbocycles. The third kappa shape index (κ3) is 2.25. The molecular formula is C12H13NO2. The SMILES string of the molecule is C=C(C)[C@@H]1O[C@@H]1C(=O)Nc1ccccc1. The van der Waals surface area contributed by atoms with Crippen molar-refractivity contribution in [1.82, 2.24) is 0 Å². The molecule has 0 spiro atoms. The number of carbonyl (C=O) groups is 1. The number of ether oxygens (including phenoxy) is 1. The molecule has 1 aromatic rings. The lowest BCUT2D eigenvalue weighted by Crippen LogP contribution is -2.19. The fraction of sp³-hybridized carbons (Fsp3) is 0.250. The number of nitrogens with one attached hydrogen (secondary N) is 1. The molecule has 1 saturated heterocycles. The number of para-hydroxylation sites is 1. The minimum Gasteiger partial charge on any atom is -0.354 e. The fourth-order valence-electron chi connectivity index (χ4n) is 1.42. The van der Waals surface area contributed by atoms with Gasteiger partial charge < -0.3 is 10.1 Å². The molecule has 1 fully saturated rings. The summed E-state index contributed by atoms with van der Waals surface area (Å²) in [7, 11) is 0. The largest absolute Gasteiger partial charge is 0.354 e. The summed E-state index contributed by atoms with van der Waals surface area (Å²) in [5, 5.41) is 2.78. The van der Waals surface area contributed by atoms with E-state index in [2.05, 4.69) is 11.9 Å². The van der Waals surface area contributed by atoms with E-state index >= 15 is 0 Å². The van der Waals surface area contributed by atoms with Gasteiger partial charge in [0, 0.05) is 5.69 Å². The molecule has 78 valence electrons. The molecule has 2 rings (SSSR count). The highest BCUT2D eigenvalue weighted by Gasteiger charge is 2.45. The van der Waals surface area contributed by atoms with Crippen molar-refractivity contribution in [2.75, 3.05) is 5.32 Å². The predicted octanol–water partition coefficient (Wildman–Crippen LogP) is 1.97. The molecule has 3 heteroatoms. The molecule has 1 heterocycles. The zero-order chi connectivity index (χ0) is 10.8. The summed E-state index contributed by atoms with van der Waals surface area (Å²) in [6.07, 6.45) is -0.462. The topological polar surface area (TPSA) is 41.6 Å². The third-order valence-corrected chi connectivity index (χ3v) is 2.28. The van der Waals surface area contributed by atoms with Crippen molar-refractivity contribution in [3.63, 3.8) is 0 Å². The van der Waals surface area contributed by atoms with E-state index in [9.17, 15) is 4.79 Å². The maximum atomic E-state index is 11.6. The van der Waals surface area contributed by atoms with Crippen molar-refractivity contribution in [3.05, 3.63) is 42.5 Å². The Bertz CT molecular complexity index is 386. The minimum atomic E-state index is -0.359. The molecule has 1 amide bonds. The zero-order valence-electron chi connectivity index (χ0n) is 8.57. The van der Waals surface area contributed by atoms with Crippen LogP contribution in [-0.4, -0.2) is 18.1 Å². The van der Waals surface area contributed by atoms with Gasteiger partial charge in [-0.05, 0) is 24.6 Å². The highest BCUT2D eigenvalue weighted by atomic mass is 16.6. The highest BCUT2D eigenvalue weighted by Crippen LogP contribution is 2.28. The molecule has 0 radical (unpaired) electrons. The Hall–Kier alpha value is -1.61. The standard InChI is InChI=1S/C12H13NO2/c1-8(2)10-11(15-10)12(14)13-9-6-4-3-5-7-9/h3-7,10-11H,1H2,2H3,(H,13,14)/t10-,11-/m0/s1. The van der Waals surface area contributed by atoms with Crippen molar-refractivity contribution in [2.45, 2.75) is 19.1 Å². The first-order chi connectivity index (χ1) is 7.18. The lowest BCUT2D eigenvalue weighted by Gasteiger charge is -2.01. The van der Waals surface area contributed by atoms with Gasteiger partial charge in [-0.15, -0.1) is 0 Å². The second-order valence-electron chi connectivity index (χ2n) is 3.68. The summed E-state index contributed by atoms with van der Waals surface area (Å²) in [6, 6.07) is 9.34. The normalized spacial score (nSPS) is 23.3. The summed E-state index contributed by atoms with van der Waals surface area (Å²) in [6.45, 7) is 5.61. The van der Waals surface area contributed by atoms with Crippen LogP contribution in [0.1, 0.15) is 6.92 Å². The maximum absolute atomic E-state index is 11.6. The van der Waals surface area contributed by atoms with Crippen LogP contribution in [0, 0.1) is 0 Å². The van der Waals surface area contributed by atoms with Gasteiger partial charge in [0.05, 0.1) is 0 Å². The monoisotopic (exact) mass is 203 g/mol. The molecule has 2 atom stereocenters. The summed E-state index contributed by atoms with van der Waals surface area (Å²) in [4.78, 5) is 11.6. The molecule has 1 aromatic carbocycles. The Morgan fingerprint density at radius 1 is 1.33 bits per heavy atom. The lowest BCUT2D eigenvalue weighted by atomic mass is 10.2. The smallest absolute Gasteiger partial charge is 0.256 e. The first-order valence-electron chi connectivity index (χ1n) is 4.85. The Labute approximate surface area is 88.8 Å². The first kappa shape index (κ1) is 9.93. The molecule has 3 nitrogen and oxygen atoms in total. The van der Waals surface area contributed by atoms with Crippen molar-refractivity contribution in [2.24, 2.45) is 0 Å². The number of anilines is 1. The van der Waals surface area contributed by atoms with E-state index in [4.69, 9.17) is 4.74 Å². The number of hydrogen-bond donors (Lipinski definition) is 1. The summed E-state index contributed by atoms with van der Waals surface area (Å²) in [5.74, 6) is -0.103. The van der Waals surface area contributed by atoms with Crippen molar-refractivity contribution >= 4 is 11.6 Å². The van der Waals surface area contributed by atoms with Crippen LogP contribution >= 0.6 is 0 Å². The van der Waals surface area contributed by atoms with Gasteiger partial charge in [0.2, 0.25) is 0 Å². The van der Waals surface area contributed by atoms with Crippen LogP contribution in [0.3, 0.4) is 0 Å². The summed E-state index contributed by atoms with van der Waals surface area (Å²) in [5.41, 5.74) is 1.68. The minimum absolute atomic E-state index is 0.103. The Morgan fingerprint density at radius 3 is 2.53 bits per heavy atom. The Morgan fingerprint density at radius 2 is 2.00 bits per heavy atom. The molecule has 1 aliphatic heterocycles. The van der Waals surface area contributed by atoms with E-state index < -0.39 is 0 Å². The number of rotatable bonds is 3. The lowest BCUT2D eigenvalue weighted by molar-refractivity contribution is -0.117. The predicted molar refractivity (Wildman–Crippen MR) is 58.5 cm³/mol. The van der Waals surface area contributed by atoms with Gasteiger partial charge in [-0.1, -0.05) is 24.8 Å². The number of carbonyl (C=O) groups excluding carboxylic acids is 1. The van der Waals surface area contributed by atoms with Crippen molar-refractivity contribution in [1.29, 1.82) is 0 Å². The fourth-order valence-corrected chi connectivity index (χ4v) is 1.42. The quantitative estimate of drug-likeness (QED) is 0.602. The second kappa shape index (κ2) is 3.87. The Balaban J connectivity index is 1.92. The Kier molecular flexibility index (Phi) is 2.56. The van der Waals surface area contributed by atoms with Gasteiger partial charge >= 0.3 is 0 Å². The van der Waals surface area contributed by atoms with Crippen molar-refractivity contribution in [3.8, 4) is 0 Å². The van der Waals surface area contributed by atoms with E-state index in [0.717, 1.165) is 11.3 Å². The van der Waals surface area contributed by atoms with Gasteiger partial charge in [-0.3, -0.25) is 4.79 Å². The van der Waals surface area contributed by atoms with Crippen LogP contribution < -0.4 is 5.32 Å². The molecule has 0 bridgehead atoms.